The number of methoxy groups -OCH3 is 3. The molecule has 4 rings (SSSR count). The van der Waals surface area contributed by atoms with E-state index in [0.29, 0.717) is 46.8 Å². The number of hydrogen-bond donors (Lipinski definition) is 0. The fourth-order valence-electron chi connectivity index (χ4n) is 4.31. The zero-order chi connectivity index (χ0) is 23.0. The predicted molar refractivity (Wildman–Crippen MR) is 121 cm³/mol. The number of carbonyl (C=O) groups is 1. The van der Waals surface area contributed by atoms with Crippen LogP contribution in [0.2, 0.25) is 0 Å². The van der Waals surface area contributed by atoms with Gasteiger partial charge < -0.3 is 23.7 Å². The number of Topliss-reactive ketones (excluding diaryl/α,β-unsaturated/α-hetero) is 1. The lowest BCUT2D eigenvalue weighted by atomic mass is 9.99. The van der Waals surface area contributed by atoms with Crippen molar-refractivity contribution in [2.75, 3.05) is 34.6 Å². The molecule has 2 aromatic rings. The van der Waals surface area contributed by atoms with E-state index in [0.717, 1.165) is 30.0 Å². The van der Waals surface area contributed by atoms with Gasteiger partial charge in [0, 0.05) is 29.8 Å². The minimum absolute atomic E-state index is 0.163. The first-order valence-electron chi connectivity index (χ1n) is 10.6. The highest BCUT2D eigenvalue weighted by molar-refractivity contribution is 6.15. The van der Waals surface area contributed by atoms with Gasteiger partial charge >= 0.3 is 0 Å². The molecule has 0 amide bonds. The lowest BCUT2D eigenvalue weighted by Gasteiger charge is -2.31. The molecule has 0 fully saturated rings. The van der Waals surface area contributed by atoms with Gasteiger partial charge in [-0.25, -0.2) is 0 Å². The summed E-state index contributed by atoms with van der Waals surface area (Å²) >= 11 is 0. The average Bonchev–Trinajstić information content (AvgIpc) is 3.08. The molecule has 0 aliphatic carbocycles. The highest BCUT2D eigenvalue weighted by Gasteiger charge is 2.34. The summed E-state index contributed by atoms with van der Waals surface area (Å²) in [5.74, 6) is 3.43. The summed E-state index contributed by atoms with van der Waals surface area (Å²) in [6.45, 7) is 8.51. The van der Waals surface area contributed by atoms with E-state index in [1.807, 2.05) is 13.0 Å². The molecule has 170 valence electrons. The maximum Gasteiger partial charge on any atom is 0.231 e. The third kappa shape index (κ3) is 3.77. The van der Waals surface area contributed by atoms with Crippen LogP contribution in [0.15, 0.2) is 24.0 Å². The van der Waals surface area contributed by atoms with Crippen LogP contribution in [0.1, 0.15) is 40.9 Å². The largest absolute Gasteiger partial charge is 0.493 e. The van der Waals surface area contributed by atoms with Crippen molar-refractivity contribution in [3.05, 3.63) is 46.2 Å². The fourth-order valence-corrected chi connectivity index (χ4v) is 4.31. The van der Waals surface area contributed by atoms with Crippen LogP contribution >= 0.6 is 0 Å². The molecule has 0 bridgehead atoms. The van der Waals surface area contributed by atoms with Gasteiger partial charge in [-0.2, -0.15) is 0 Å². The van der Waals surface area contributed by atoms with Gasteiger partial charge in [0.25, 0.3) is 0 Å². The fraction of sp³-hybridized carbons (Fsp3) is 0.400. The molecule has 2 aromatic carbocycles. The Morgan fingerprint density at radius 1 is 1.09 bits per heavy atom. The summed E-state index contributed by atoms with van der Waals surface area (Å²) in [6, 6.07) is 5.47. The Morgan fingerprint density at radius 3 is 2.50 bits per heavy atom. The van der Waals surface area contributed by atoms with Gasteiger partial charge in [-0.3, -0.25) is 9.69 Å². The minimum Gasteiger partial charge on any atom is -0.493 e. The molecule has 7 nitrogen and oxygen atoms in total. The van der Waals surface area contributed by atoms with Crippen molar-refractivity contribution in [2.24, 2.45) is 5.92 Å². The average molecular weight is 440 g/mol. The summed E-state index contributed by atoms with van der Waals surface area (Å²) in [4.78, 5) is 15.5. The highest BCUT2D eigenvalue weighted by atomic mass is 16.5. The lowest BCUT2D eigenvalue weighted by Crippen LogP contribution is -2.35. The number of allylic oxidation sites excluding steroid dienone is 1. The third-order valence-electron chi connectivity index (χ3n) is 5.65. The van der Waals surface area contributed by atoms with E-state index < -0.39 is 0 Å². The molecule has 0 unspecified atom stereocenters. The van der Waals surface area contributed by atoms with Crippen molar-refractivity contribution >= 4 is 11.9 Å². The van der Waals surface area contributed by atoms with Crippen LogP contribution in [0.4, 0.5) is 0 Å². The van der Waals surface area contributed by atoms with Crippen molar-refractivity contribution in [2.45, 2.75) is 27.3 Å². The lowest BCUT2D eigenvalue weighted by molar-refractivity contribution is 0.0835. The number of fused-ring (bicyclic) bond motifs is 2. The number of ether oxygens (including phenoxy) is 5. The smallest absolute Gasteiger partial charge is 0.231 e. The summed E-state index contributed by atoms with van der Waals surface area (Å²) in [6.07, 6.45) is 1.67. The van der Waals surface area contributed by atoms with E-state index in [2.05, 4.69) is 18.7 Å². The first-order chi connectivity index (χ1) is 15.4. The standard InChI is InChI=1S/C25H29NO6/c1-14(2)11-26-12-17-9-18-21(27)20(32-23(18)15(3)22(17)31-13-26)10-16-7-8-19(28-4)25(30-6)24(16)29-5/h7-10,14H,11-13H2,1-6H3/b20-10-. The van der Waals surface area contributed by atoms with E-state index in [1.54, 1.807) is 39.5 Å². The third-order valence-corrected chi connectivity index (χ3v) is 5.65. The van der Waals surface area contributed by atoms with Crippen molar-refractivity contribution < 1.29 is 28.5 Å². The van der Waals surface area contributed by atoms with E-state index in [9.17, 15) is 4.79 Å². The topological polar surface area (TPSA) is 66.5 Å². The molecule has 0 N–H and O–H groups in total. The Kier molecular flexibility index (Phi) is 6.02. The second kappa shape index (κ2) is 8.74. The minimum atomic E-state index is -0.163. The van der Waals surface area contributed by atoms with E-state index >= 15 is 0 Å². The molecule has 2 heterocycles. The maximum atomic E-state index is 13.2. The molecule has 0 radical (unpaired) electrons. The molecule has 2 aliphatic heterocycles. The van der Waals surface area contributed by atoms with Gasteiger partial charge in [0.2, 0.25) is 11.5 Å². The normalized spacial score (nSPS) is 16.5. The van der Waals surface area contributed by atoms with E-state index in [4.69, 9.17) is 23.7 Å². The van der Waals surface area contributed by atoms with Crippen molar-refractivity contribution in [1.82, 2.24) is 4.90 Å². The first-order valence-corrected chi connectivity index (χ1v) is 10.6. The van der Waals surface area contributed by atoms with Crippen LogP contribution in [0, 0.1) is 12.8 Å². The molecule has 2 aliphatic rings. The van der Waals surface area contributed by atoms with Gasteiger partial charge in [-0.15, -0.1) is 0 Å². The summed E-state index contributed by atoms with van der Waals surface area (Å²) in [5, 5.41) is 0. The zero-order valence-electron chi connectivity index (χ0n) is 19.4. The second-order valence-electron chi connectivity index (χ2n) is 8.41. The number of nitrogens with zero attached hydrogens (tertiary/aromatic N) is 1. The Bertz CT molecular complexity index is 1090. The molecular formula is C25H29NO6. The van der Waals surface area contributed by atoms with Crippen LogP contribution in [-0.4, -0.2) is 45.3 Å². The van der Waals surface area contributed by atoms with Crippen molar-refractivity contribution in [3.8, 4) is 28.7 Å². The number of rotatable bonds is 6. The molecule has 0 aromatic heterocycles. The van der Waals surface area contributed by atoms with E-state index in [1.165, 1.54) is 0 Å². The van der Waals surface area contributed by atoms with Gasteiger partial charge in [0.15, 0.2) is 17.3 Å². The van der Waals surface area contributed by atoms with Gasteiger partial charge in [0.1, 0.15) is 18.2 Å². The molecule has 0 atom stereocenters. The van der Waals surface area contributed by atoms with Gasteiger partial charge in [-0.1, -0.05) is 13.8 Å². The Balaban J connectivity index is 1.70. The van der Waals surface area contributed by atoms with E-state index in [-0.39, 0.29) is 11.5 Å². The molecule has 7 heteroatoms. The molecule has 0 saturated carbocycles. The molecule has 0 spiro atoms. The number of benzene rings is 2. The first kappa shape index (κ1) is 22.0. The van der Waals surface area contributed by atoms with Crippen LogP contribution < -0.4 is 23.7 Å². The quantitative estimate of drug-likeness (QED) is 0.616. The molecular weight excluding hydrogens is 410 g/mol. The van der Waals surface area contributed by atoms with Crippen LogP contribution in [0.25, 0.3) is 6.08 Å². The Hall–Kier alpha value is -3.19. The Labute approximate surface area is 188 Å². The second-order valence-corrected chi connectivity index (χ2v) is 8.41. The highest BCUT2D eigenvalue weighted by Crippen LogP contribution is 2.45. The number of hydrogen-bond acceptors (Lipinski definition) is 7. The van der Waals surface area contributed by atoms with Gasteiger partial charge in [-0.05, 0) is 37.1 Å². The maximum absolute atomic E-state index is 13.2. The molecule has 0 saturated heterocycles. The number of carbonyl (C=O) groups excluding carboxylic acids is 1. The van der Waals surface area contributed by atoms with Gasteiger partial charge in [0.05, 0.1) is 26.9 Å². The molecule has 32 heavy (non-hydrogen) atoms. The summed E-state index contributed by atoms with van der Waals surface area (Å²) < 4.78 is 28.4. The predicted octanol–water partition coefficient (Wildman–Crippen LogP) is 4.44. The van der Waals surface area contributed by atoms with Crippen LogP contribution in [0.3, 0.4) is 0 Å². The van der Waals surface area contributed by atoms with Crippen molar-refractivity contribution in [3.63, 3.8) is 0 Å². The zero-order valence-corrected chi connectivity index (χ0v) is 19.4. The van der Waals surface area contributed by atoms with Crippen LogP contribution in [-0.2, 0) is 6.54 Å². The van der Waals surface area contributed by atoms with Crippen LogP contribution in [0.5, 0.6) is 28.7 Å². The number of ketones is 1. The summed E-state index contributed by atoms with van der Waals surface area (Å²) in [5.41, 5.74) is 3.07. The Morgan fingerprint density at radius 2 is 1.84 bits per heavy atom. The monoisotopic (exact) mass is 439 g/mol. The summed E-state index contributed by atoms with van der Waals surface area (Å²) in [7, 11) is 4.65. The SMILES string of the molecule is COc1ccc(/C=C2\Oc3c(cc4c(c3C)OCN(CC(C)C)C4)C2=O)c(OC)c1OC. The van der Waals surface area contributed by atoms with Crippen molar-refractivity contribution in [1.29, 1.82) is 0 Å².